The van der Waals surface area contributed by atoms with Crippen molar-refractivity contribution in [3.05, 3.63) is 70.7 Å². The van der Waals surface area contributed by atoms with Gasteiger partial charge in [0.25, 0.3) is 5.91 Å². The van der Waals surface area contributed by atoms with Crippen LogP contribution in [0.25, 0.3) is 0 Å². The molecule has 1 saturated carbocycles. The van der Waals surface area contributed by atoms with E-state index in [0.29, 0.717) is 23.5 Å². The molecule has 31 heavy (non-hydrogen) atoms. The molecule has 0 spiro atoms. The first kappa shape index (κ1) is 20.9. The van der Waals surface area contributed by atoms with E-state index < -0.39 is 23.5 Å². The Labute approximate surface area is 179 Å². The summed E-state index contributed by atoms with van der Waals surface area (Å²) in [6.45, 7) is 0.266. The molecule has 4 rings (SSSR count). The Morgan fingerprint density at radius 1 is 1.10 bits per heavy atom. The van der Waals surface area contributed by atoms with Crippen molar-refractivity contribution in [1.82, 2.24) is 4.90 Å². The number of carbonyl (C=O) groups excluding carboxylic acids is 2. The van der Waals surface area contributed by atoms with Crippen molar-refractivity contribution in [3.8, 4) is 11.5 Å². The molecule has 0 radical (unpaired) electrons. The molecule has 2 aliphatic rings. The number of hydrogen-bond acceptors (Lipinski definition) is 5. The van der Waals surface area contributed by atoms with E-state index in [1.807, 2.05) is 12.1 Å². The summed E-state index contributed by atoms with van der Waals surface area (Å²) in [5, 5.41) is 10.6. The van der Waals surface area contributed by atoms with Gasteiger partial charge in [0.2, 0.25) is 0 Å². The van der Waals surface area contributed by atoms with Crippen LogP contribution in [0.2, 0.25) is 0 Å². The third kappa shape index (κ3) is 4.00. The van der Waals surface area contributed by atoms with Crippen LogP contribution in [0.15, 0.2) is 53.8 Å². The van der Waals surface area contributed by atoms with Crippen LogP contribution in [0.5, 0.6) is 11.5 Å². The lowest BCUT2D eigenvalue weighted by Crippen LogP contribution is -2.33. The minimum Gasteiger partial charge on any atom is -0.503 e. The number of ketones is 1. The molecule has 162 valence electrons. The molecule has 0 aromatic heterocycles. The molecule has 1 amide bonds. The Balaban J connectivity index is 1.63. The molecule has 1 N–H and O–H groups in total. The van der Waals surface area contributed by atoms with Crippen molar-refractivity contribution in [2.75, 3.05) is 20.8 Å². The third-order valence-corrected chi connectivity index (χ3v) is 5.79. The Kier molecular flexibility index (Phi) is 5.67. The summed E-state index contributed by atoms with van der Waals surface area (Å²) in [5.74, 6) is -0.671. The fraction of sp³-hybridized carbons (Fsp3) is 0.333. The second kappa shape index (κ2) is 8.41. The number of rotatable bonds is 8. The van der Waals surface area contributed by atoms with Gasteiger partial charge in [-0.05, 0) is 54.7 Å². The van der Waals surface area contributed by atoms with Crippen molar-refractivity contribution in [2.24, 2.45) is 5.92 Å². The molecule has 1 aliphatic carbocycles. The summed E-state index contributed by atoms with van der Waals surface area (Å²) in [5.41, 5.74) is 1.62. The number of aliphatic hydroxyl groups is 1. The van der Waals surface area contributed by atoms with Gasteiger partial charge in [-0.15, -0.1) is 0 Å². The molecule has 1 atom stereocenters. The molecule has 1 fully saturated rings. The van der Waals surface area contributed by atoms with Gasteiger partial charge in [-0.3, -0.25) is 9.59 Å². The zero-order chi connectivity index (χ0) is 22.1. The normalized spacial score (nSPS) is 18.5. The second-order valence-electron chi connectivity index (χ2n) is 7.79. The number of halogens is 1. The highest BCUT2D eigenvalue weighted by atomic mass is 19.1. The topological polar surface area (TPSA) is 76.1 Å². The number of carbonyl (C=O) groups is 2. The molecular weight excluding hydrogens is 401 g/mol. The van der Waals surface area contributed by atoms with E-state index in [-0.39, 0.29) is 23.8 Å². The van der Waals surface area contributed by atoms with Gasteiger partial charge in [-0.25, -0.2) is 4.39 Å². The smallest absolute Gasteiger partial charge is 0.290 e. The maximum atomic E-state index is 13.5. The Morgan fingerprint density at radius 2 is 1.77 bits per heavy atom. The quantitative estimate of drug-likeness (QED) is 0.697. The summed E-state index contributed by atoms with van der Waals surface area (Å²) in [7, 11) is 3.11. The van der Waals surface area contributed by atoms with Crippen molar-refractivity contribution >= 4 is 11.7 Å². The summed E-state index contributed by atoms with van der Waals surface area (Å²) < 4.78 is 24.1. The van der Waals surface area contributed by atoms with Crippen LogP contribution in [0.4, 0.5) is 4.39 Å². The second-order valence-corrected chi connectivity index (χ2v) is 7.79. The molecule has 2 aromatic carbocycles. The van der Waals surface area contributed by atoms with Gasteiger partial charge in [0.05, 0.1) is 25.8 Å². The maximum Gasteiger partial charge on any atom is 0.290 e. The van der Waals surface area contributed by atoms with Crippen LogP contribution >= 0.6 is 0 Å². The van der Waals surface area contributed by atoms with E-state index in [1.165, 1.54) is 17.0 Å². The summed E-state index contributed by atoms with van der Waals surface area (Å²) in [4.78, 5) is 27.3. The van der Waals surface area contributed by atoms with E-state index in [9.17, 15) is 19.1 Å². The van der Waals surface area contributed by atoms with Crippen LogP contribution in [-0.2, 0) is 16.0 Å². The molecule has 2 aromatic rings. The molecule has 1 unspecified atom stereocenters. The highest BCUT2D eigenvalue weighted by molar-refractivity contribution is 6.10. The largest absolute Gasteiger partial charge is 0.503 e. The van der Waals surface area contributed by atoms with E-state index in [0.717, 1.165) is 18.4 Å². The van der Waals surface area contributed by atoms with Crippen molar-refractivity contribution in [1.29, 1.82) is 0 Å². The average molecular weight is 425 g/mol. The lowest BCUT2D eigenvalue weighted by atomic mass is 9.94. The minimum absolute atomic E-state index is 0.117. The lowest BCUT2D eigenvalue weighted by Gasteiger charge is -2.27. The van der Waals surface area contributed by atoms with E-state index in [4.69, 9.17) is 9.47 Å². The predicted molar refractivity (Wildman–Crippen MR) is 111 cm³/mol. The first-order valence-electron chi connectivity index (χ1n) is 10.2. The first-order valence-corrected chi connectivity index (χ1v) is 10.2. The maximum absolute atomic E-state index is 13.5. The standard InChI is InChI=1S/C24H24FNO5/c1-30-18-10-3-14(13-19(18)31-2)11-12-26-21(15-6-8-17(25)9-7-15)20(23(28)24(26)29)22(27)16-4-5-16/h3,6-10,13,16,21,28H,4-5,11-12H2,1-2H3. The number of amides is 1. The zero-order valence-electron chi connectivity index (χ0n) is 17.4. The summed E-state index contributed by atoms with van der Waals surface area (Å²) >= 11 is 0. The molecule has 1 aliphatic heterocycles. The molecule has 0 bridgehead atoms. The Bertz CT molecular complexity index is 1040. The Morgan fingerprint density at radius 3 is 2.39 bits per heavy atom. The van der Waals surface area contributed by atoms with Crippen LogP contribution in [-0.4, -0.2) is 42.5 Å². The molecular formula is C24H24FNO5. The summed E-state index contributed by atoms with van der Waals surface area (Å²) in [6.07, 6.45) is 1.99. The van der Waals surface area contributed by atoms with Gasteiger partial charge in [0.15, 0.2) is 23.0 Å². The van der Waals surface area contributed by atoms with Gasteiger partial charge in [0.1, 0.15) is 5.82 Å². The van der Waals surface area contributed by atoms with Gasteiger partial charge in [-0.1, -0.05) is 18.2 Å². The predicted octanol–water partition coefficient (Wildman–Crippen LogP) is 3.76. The fourth-order valence-corrected chi connectivity index (χ4v) is 3.98. The first-order chi connectivity index (χ1) is 14.9. The van der Waals surface area contributed by atoms with Crippen molar-refractivity contribution < 1.29 is 28.6 Å². The molecule has 0 saturated heterocycles. The van der Waals surface area contributed by atoms with E-state index in [2.05, 4.69) is 0 Å². The van der Waals surface area contributed by atoms with Crippen molar-refractivity contribution in [3.63, 3.8) is 0 Å². The highest BCUT2D eigenvalue weighted by Crippen LogP contribution is 2.43. The fourth-order valence-electron chi connectivity index (χ4n) is 3.98. The number of ether oxygens (including phenoxy) is 2. The average Bonchev–Trinajstić information content (AvgIpc) is 3.60. The van der Waals surface area contributed by atoms with Gasteiger partial charge >= 0.3 is 0 Å². The van der Waals surface area contributed by atoms with Gasteiger partial charge < -0.3 is 19.5 Å². The van der Waals surface area contributed by atoms with E-state index >= 15 is 0 Å². The number of nitrogens with zero attached hydrogens (tertiary/aromatic N) is 1. The van der Waals surface area contributed by atoms with Gasteiger partial charge in [-0.2, -0.15) is 0 Å². The number of benzene rings is 2. The lowest BCUT2D eigenvalue weighted by molar-refractivity contribution is -0.129. The van der Waals surface area contributed by atoms with Crippen LogP contribution in [0, 0.1) is 11.7 Å². The number of aliphatic hydroxyl groups excluding tert-OH is 1. The van der Waals surface area contributed by atoms with Crippen LogP contribution < -0.4 is 9.47 Å². The number of hydrogen-bond donors (Lipinski definition) is 1. The zero-order valence-corrected chi connectivity index (χ0v) is 17.4. The van der Waals surface area contributed by atoms with Crippen molar-refractivity contribution in [2.45, 2.75) is 25.3 Å². The van der Waals surface area contributed by atoms with Gasteiger partial charge in [0, 0.05) is 12.5 Å². The molecule has 6 nitrogen and oxygen atoms in total. The molecule has 1 heterocycles. The minimum atomic E-state index is -0.735. The van der Waals surface area contributed by atoms with Crippen LogP contribution in [0.3, 0.4) is 0 Å². The van der Waals surface area contributed by atoms with Crippen LogP contribution in [0.1, 0.15) is 30.0 Å². The summed E-state index contributed by atoms with van der Waals surface area (Å²) in [6, 6.07) is 10.4. The van der Waals surface area contributed by atoms with E-state index in [1.54, 1.807) is 32.4 Å². The third-order valence-electron chi connectivity index (χ3n) is 5.79. The number of methoxy groups -OCH3 is 2. The molecule has 7 heteroatoms. The highest BCUT2D eigenvalue weighted by Gasteiger charge is 2.46. The monoisotopic (exact) mass is 425 g/mol. The Hall–Kier alpha value is -3.35. The number of Topliss-reactive ketones (excluding diaryl/α,β-unsaturated/α-hetero) is 1. The SMILES string of the molecule is COc1ccc(CCN2C(=O)C(O)=C(C(=O)C3CC3)C2c2ccc(F)cc2)cc1OC.